The molecule has 2 rings (SSSR count). The van der Waals surface area contributed by atoms with Crippen LogP contribution in [0.25, 0.3) is 0 Å². The first-order valence-electron chi connectivity index (χ1n) is 8.07. The minimum atomic E-state index is -0.772. The molecule has 1 saturated heterocycles. The highest BCUT2D eigenvalue weighted by molar-refractivity contribution is 5.80. The van der Waals surface area contributed by atoms with Crippen molar-refractivity contribution >= 4 is 11.9 Å². The minimum Gasteiger partial charge on any atom is -0.481 e. The molecule has 0 radical (unpaired) electrons. The largest absolute Gasteiger partial charge is 0.481 e. The number of ether oxygens (including phenoxy) is 1. The molecule has 0 bridgehead atoms. The van der Waals surface area contributed by atoms with Gasteiger partial charge in [0.15, 0.2) is 0 Å². The maximum atomic E-state index is 12.3. The number of carboxylic acid groups (broad SMARTS) is 1. The van der Waals surface area contributed by atoms with E-state index in [-0.39, 0.29) is 5.91 Å². The van der Waals surface area contributed by atoms with Crippen molar-refractivity contribution in [2.24, 2.45) is 11.3 Å². The quantitative estimate of drug-likeness (QED) is 0.732. The van der Waals surface area contributed by atoms with Crippen LogP contribution in [0.3, 0.4) is 0 Å². The molecule has 1 aliphatic heterocycles. The fourth-order valence-electron chi connectivity index (χ4n) is 3.46. The third-order valence-electron chi connectivity index (χ3n) is 5.08. The van der Waals surface area contributed by atoms with Gasteiger partial charge in [-0.3, -0.25) is 9.59 Å². The first-order chi connectivity index (χ1) is 10.1. The van der Waals surface area contributed by atoms with Crippen molar-refractivity contribution in [3.8, 4) is 0 Å². The van der Waals surface area contributed by atoms with Crippen molar-refractivity contribution in [3.63, 3.8) is 0 Å². The van der Waals surface area contributed by atoms with Crippen molar-refractivity contribution in [3.05, 3.63) is 0 Å². The molecule has 2 aliphatic rings. The molecule has 1 amide bonds. The second-order valence-electron chi connectivity index (χ2n) is 6.60. The van der Waals surface area contributed by atoms with Crippen LogP contribution in [0.15, 0.2) is 0 Å². The molecule has 1 heterocycles. The Hall–Kier alpha value is -1.10. The molecular weight excluding hydrogens is 270 g/mol. The molecule has 0 aromatic carbocycles. The van der Waals surface area contributed by atoms with Gasteiger partial charge in [0.2, 0.25) is 5.91 Å². The van der Waals surface area contributed by atoms with Crippen LogP contribution in [0.4, 0.5) is 0 Å². The van der Waals surface area contributed by atoms with Crippen molar-refractivity contribution in [2.75, 3.05) is 26.8 Å². The highest BCUT2D eigenvalue weighted by Crippen LogP contribution is 2.36. The van der Waals surface area contributed by atoms with Crippen molar-refractivity contribution < 1.29 is 19.4 Å². The van der Waals surface area contributed by atoms with Gasteiger partial charge in [-0.2, -0.15) is 0 Å². The molecule has 21 heavy (non-hydrogen) atoms. The number of nitrogens with zero attached hydrogens (tertiary/aromatic N) is 1. The predicted octanol–water partition coefficient (Wildman–Crippen LogP) is 2.30. The summed E-state index contributed by atoms with van der Waals surface area (Å²) in [5.74, 6) is -0.0799. The minimum absolute atomic E-state index is 0.150. The first kappa shape index (κ1) is 16.3. The maximum Gasteiger partial charge on any atom is 0.311 e. The highest BCUT2D eigenvalue weighted by Gasteiger charge is 2.43. The number of carbonyl (C=O) groups excluding carboxylic acids is 1. The summed E-state index contributed by atoms with van der Waals surface area (Å²) in [6.07, 6.45) is 6.91. The van der Waals surface area contributed by atoms with Gasteiger partial charge in [0, 0.05) is 33.2 Å². The molecule has 0 aromatic heterocycles. The maximum absolute atomic E-state index is 12.3. The van der Waals surface area contributed by atoms with Gasteiger partial charge in [0.25, 0.3) is 0 Å². The second-order valence-corrected chi connectivity index (χ2v) is 6.60. The van der Waals surface area contributed by atoms with E-state index < -0.39 is 11.4 Å². The third-order valence-corrected chi connectivity index (χ3v) is 5.08. The zero-order valence-electron chi connectivity index (χ0n) is 13.0. The van der Waals surface area contributed by atoms with Gasteiger partial charge in [-0.05, 0) is 44.4 Å². The average molecular weight is 297 g/mol. The Morgan fingerprint density at radius 3 is 2.67 bits per heavy atom. The number of amides is 1. The van der Waals surface area contributed by atoms with E-state index in [2.05, 4.69) is 0 Å². The summed E-state index contributed by atoms with van der Waals surface area (Å²) in [5.41, 5.74) is -0.772. The molecule has 1 saturated carbocycles. The third kappa shape index (κ3) is 3.96. The molecular formula is C16H27NO4. The van der Waals surface area contributed by atoms with Crippen molar-refractivity contribution in [1.82, 2.24) is 4.90 Å². The Labute approximate surface area is 126 Å². The summed E-state index contributed by atoms with van der Waals surface area (Å²) in [7, 11) is 1.63. The lowest BCUT2D eigenvalue weighted by molar-refractivity contribution is -0.156. The van der Waals surface area contributed by atoms with Crippen LogP contribution in [-0.4, -0.2) is 48.7 Å². The van der Waals surface area contributed by atoms with Gasteiger partial charge in [0.1, 0.15) is 0 Å². The van der Waals surface area contributed by atoms with Gasteiger partial charge in [0.05, 0.1) is 5.41 Å². The van der Waals surface area contributed by atoms with E-state index in [4.69, 9.17) is 4.74 Å². The lowest BCUT2D eigenvalue weighted by atomic mass is 9.75. The number of aliphatic carboxylic acids is 1. The van der Waals surface area contributed by atoms with Crippen LogP contribution in [0, 0.1) is 11.3 Å². The lowest BCUT2D eigenvalue weighted by Gasteiger charge is -2.41. The number of methoxy groups -OCH3 is 1. The van der Waals surface area contributed by atoms with Gasteiger partial charge in [-0.1, -0.05) is 6.42 Å². The molecule has 0 spiro atoms. The van der Waals surface area contributed by atoms with Gasteiger partial charge in [-0.15, -0.1) is 0 Å². The van der Waals surface area contributed by atoms with E-state index in [1.54, 1.807) is 12.0 Å². The van der Waals surface area contributed by atoms with E-state index in [1.165, 1.54) is 6.42 Å². The van der Waals surface area contributed by atoms with Crippen LogP contribution >= 0.6 is 0 Å². The Balaban J connectivity index is 1.94. The van der Waals surface area contributed by atoms with E-state index in [0.717, 1.165) is 25.7 Å². The first-order valence-corrected chi connectivity index (χ1v) is 8.07. The molecule has 5 nitrogen and oxygen atoms in total. The molecule has 1 atom stereocenters. The monoisotopic (exact) mass is 297 g/mol. The number of piperidine rings is 1. The SMILES string of the molecule is COCCC[C@@]1(C(=O)O)CCCN(C(=O)CC2CCC2)C1. The van der Waals surface area contributed by atoms with Crippen molar-refractivity contribution in [2.45, 2.75) is 51.4 Å². The Kier molecular flexibility index (Phi) is 5.62. The number of likely N-dealkylation sites (tertiary alicyclic amines) is 1. The Bertz CT molecular complexity index is 380. The smallest absolute Gasteiger partial charge is 0.311 e. The topological polar surface area (TPSA) is 66.8 Å². The zero-order chi connectivity index (χ0) is 15.3. The van der Waals surface area contributed by atoms with E-state index >= 15 is 0 Å². The number of rotatable bonds is 7. The number of carbonyl (C=O) groups is 2. The molecule has 5 heteroatoms. The fourth-order valence-corrected chi connectivity index (χ4v) is 3.46. The zero-order valence-corrected chi connectivity index (χ0v) is 13.0. The van der Waals surface area contributed by atoms with E-state index in [0.29, 0.717) is 44.9 Å². The summed E-state index contributed by atoms with van der Waals surface area (Å²) in [5, 5.41) is 9.65. The molecule has 2 fully saturated rings. The fraction of sp³-hybridized carbons (Fsp3) is 0.875. The van der Waals surface area contributed by atoms with Crippen molar-refractivity contribution in [1.29, 1.82) is 0 Å². The molecule has 1 aliphatic carbocycles. The molecule has 1 N–H and O–H groups in total. The van der Waals surface area contributed by atoms with Gasteiger partial charge < -0.3 is 14.7 Å². The van der Waals surface area contributed by atoms with Crippen LogP contribution < -0.4 is 0 Å². The van der Waals surface area contributed by atoms with Gasteiger partial charge >= 0.3 is 5.97 Å². The molecule has 0 aromatic rings. The van der Waals surface area contributed by atoms with Gasteiger partial charge in [-0.25, -0.2) is 0 Å². The van der Waals surface area contributed by atoms with Crippen LogP contribution in [0.5, 0.6) is 0 Å². The number of hydrogen-bond donors (Lipinski definition) is 1. The standard InChI is InChI=1S/C16H27NO4/c1-21-10-4-8-16(15(19)20)7-3-9-17(12-16)14(18)11-13-5-2-6-13/h13H,2-12H2,1H3,(H,19,20)/t16-/m0/s1. The van der Waals surface area contributed by atoms with Crippen LogP contribution in [-0.2, 0) is 14.3 Å². The normalized spacial score (nSPS) is 26.4. The predicted molar refractivity (Wildman–Crippen MR) is 79.0 cm³/mol. The van der Waals surface area contributed by atoms with E-state index in [9.17, 15) is 14.7 Å². The molecule has 0 unspecified atom stereocenters. The highest BCUT2D eigenvalue weighted by atomic mass is 16.5. The second kappa shape index (κ2) is 7.25. The molecule has 120 valence electrons. The Morgan fingerprint density at radius 2 is 2.10 bits per heavy atom. The summed E-state index contributed by atoms with van der Waals surface area (Å²) >= 11 is 0. The summed E-state index contributed by atoms with van der Waals surface area (Å²) in [4.78, 5) is 25.9. The van der Waals surface area contributed by atoms with Crippen LogP contribution in [0.2, 0.25) is 0 Å². The average Bonchev–Trinajstić information content (AvgIpc) is 2.43. The summed E-state index contributed by atoms with van der Waals surface area (Å²) in [6, 6.07) is 0. The Morgan fingerprint density at radius 1 is 1.33 bits per heavy atom. The van der Waals surface area contributed by atoms with E-state index in [1.807, 2.05) is 0 Å². The van der Waals surface area contributed by atoms with Crippen LogP contribution in [0.1, 0.15) is 51.4 Å². The lowest BCUT2D eigenvalue weighted by Crippen LogP contribution is -2.50. The number of hydrogen-bond acceptors (Lipinski definition) is 3. The number of carboxylic acids is 1. The summed E-state index contributed by atoms with van der Waals surface area (Å²) < 4.78 is 5.03. The summed E-state index contributed by atoms with van der Waals surface area (Å²) in [6.45, 7) is 1.66.